The van der Waals surface area contributed by atoms with E-state index in [-0.39, 0.29) is 25.7 Å². The molecule has 0 heterocycles. The SMILES string of the molecule is CCCCCCCCCCCC(=O)O[C@H](COC(=O)CCCCCCC)COP(=O)(O)OC[C@H](O)COP(=O)(O)OC[C@@H](COC(=O)CCCCCCCCC(C)CC)OC(=O)CCCCCCCCCCCCC(C)CC. The molecule has 0 aromatic rings. The summed E-state index contributed by atoms with van der Waals surface area (Å²) in [6, 6.07) is 0. The first-order chi connectivity index (χ1) is 37.4. The summed E-state index contributed by atoms with van der Waals surface area (Å²) in [5.41, 5.74) is 0. The number of aliphatic hydroxyl groups excluding tert-OH is 1. The van der Waals surface area contributed by atoms with Crippen molar-refractivity contribution in [3.8, 4) is 0 Å². The van der Waals surface area contributed by atoms with E-state index in [2.05, 4.69) is 41.5 Å². The number of unbranched alkanes of at least 4 members (excludes halogenated alkanes) is 26. The molecule has 17 nitrogen and oxygen atoms in total. The largest absolute Gasteiger partial charge is 0.472 e. The molecule has 3 N–H and O–H groups in total. The lowest BCUT2D eigenvalue weighted by molar-refractivity contribution is -0.161. The Bertz CT molecular complexity index is 1550. The zero-order valence-corrected chi connectivity index (χ0v) is 51.7. The van der Waals surface area contributed by atoms with Crippen molar-refractivity contribution in [1.29, 1.82) is 0 Å². The van der Waals surface area contributed by atoms with Crippen LogP contribution in [0.25, 0.3) is 0 Å². The molecule has 0 aliphatic carbocycles. The van der Waals surface area contributed by atoms with Gasteiger partial charge < -0.3 is 33.8 Å². The van der Waals surface area contributed by atoms with Gasteiger partial charge in [0, 0.05) is 25.7 Å². The van der Waals surface area contributed by atoms with Gasteiger partial charge in [0.25, 0.3) is 0 Å². The Balaban J connectivity index is 5.19. The van der Waals surface area contributed by atoms with Gasteiger partial charge >= 0.3 is 39.5 Å². The Labute approximate surface area is 473 Å². The maximum atomic E-state index is 12.9. The number of hydrogen-bond acceptors (Lipinski definition) is 15. The number of hydrogen-bond donors (Lipinski definition) is 3. The molecular formula is C59H114O17P2. The molecule has 4 unspecified atom stereocenters. The molecule has 0 aliphatic heterocycles. The summed E-state index contributed by atoms with van der Waals surface area (Å²) < 4.78 is 67.6. The first-order valence-corrected chi connectivity index (χ1v) is 34.1. The summed E-state index contributed by atoms with van der Waals surface area (Å²) in [5, 5.41) is 10.5. The van der Waals surface area contributed by atoms with E-state index in [0.29, 0.717) is 25.7 Å². The third kappa shape index (κ3) is 51.0. The Hall–Kier alpha value is -1.94. The van der Waals surface area contributed by atoms with Crippen LogP contribution in [-0.4, -0.2) is 96.7 Å². The maximum absolute atomic E-state index is 12.9. The molecular weight excluding hydrogens is 1040 g/mol. The van der Waals surface area contributed by atoms with E-state index in [1.54, 1.807) is 0 Å². The highest BCUT2D eigenvalue weighted by molar-refractivity contribution is 7.47. The lowest BCUT2D eigenvalue weighted by Crippen LogP contribution is -2.30. The van der Waals surface area contributed by atoms with Crippen LogP contribution in [0.1, 0.15) is 286 Å². The number of phosphoric ester groups is 2. The van der Waals surface area contributed by atoms with Crippen molar-refractivity contribution in [2.45, 2.75) is 304 Å². The smallest absolute Gasteiger partial charge is 0.462 e. The van der Waals surface area contributed by atoms with E-state index in [0.717, 1.165) is 115 Å². The second-order valence-electron chi connectivity index (χ2n) is 21.9. The van der Waals surface area contributed by atoms with Crippen LogP contribution < -0.4 is 0 Å². The monoisotopic (exact) mass is 1160 g/mol. The van der Waals surface area contributed by atoms with Gasteiger partial charge in [0.1, 0.15) is 19.3 Å². The van der Waals surface area contributed by atoms with Crippen LogP contribution in [0.5, 0.6) is 0 Å². The fourth-order valence-corrected chi connectivity index (χ4v) is 10.2. The fraction of sp³-hybridized carbons (Fsp3) is 0.932. The standard InChI is InChI=1S/C59H114O17P2/c1-7-11-13-15-16-19-23-31-37-43-58(63)75-54(47-69-56(61)41-35-27-14-12-8-2)49-73-77(65,66)71-45-53(60)46-72-78(67,68)74-50-55(48-70-57(62)42-36-30-26-25-29-34-40-52(6)10-4)76-59(64)44-38-32-24-21-18-17-20-22-28-33-39-51(5)9-3/h51-55,60H,7-50H2,1-6H3,(H,65,66)(H,67,68)/t51?,52?,53-,54+,55+/m0/s1. The van der Waals surface area contributed by atoms with Crippen LogP contribution in [0.3, 0.4) is 0 Å². The minimum Gasteiger partial charge on any atom is -0.462 e. The molecule has 0 saturated carbocycles. The molecule has 0 radical (unpaired) electrons. The lowest BCUT2D eigenvalue weighted by Gasteiger charge is -2.21. The second kappa shape index (κ2) is 51.9. The zero-order chi connectivity index (χ0) is 58.0. The first kappa shape index (κ1) is 76.1. The third-order valence-corrected chi connectivity index (χ3v) is 16.1. The molecule has 7 atom stereocenters. The highest BCUT2D eigenvalue weighted by Gasteiger charge is 2.30. The van der Waals surface area contributed by atoms with Gasteiger partial charge in [0.05, 0.1) is 26.4 Å². The average molecular weight is 1160 g/mol. The van der Waals surface area contributed by atoms with Crippen molar-refractivity contribution in [3.63, 3.8) is 0 Å². The average Bonchev–Trinajstić information content (AvgIpc) is 3.41. The fourth-order valence-electron chi connectivity index (χ4n) is 8.58. The van der Waals surface area contributed by atoms with E-state index in [9.17, 15) is 43.2 Å². The lowest BCUT2D eigenvalue weighted by atomic mass is 9.99. The molecule has 0 fully saturated rings. The van der Waals surface area contributed by atoms with E-state index < -0.39 is 97.5 Å². The van der Waals surface area contributed by atoms with Crippen molar-refractivity contribution in [3.05, 3.63) is 0 Å². The molecule has 0 aromatic heterocycles. The van der Waals surface area contributed by atoms with Crippen LogP contribution in [0.15, 0.2) is 0 Å². The normalized spacial score (nSPS) is 15.1. The highest BCUT2D eigenvalue weighted by Crippen LogP contribution is 2.45. The van der Waals surface area contributed by atoms with Gasteiger partial charge in [0.15, 0.2) is 12.2 Å². The van der Waals surface area contributed by atoms with Gasteiger partial charge in [-0.15, -0.1) is 0 Å². The van der Waals surface area contributed by atoms with Gasteiger partial charge in [-0.1, -0.05) is 234 Å². The summed E-state index contributed by atoms with van der Waals surface area (Å²) >= 11 is 0. The molecule has 0 spiro atoms. The minimum atomic E-state index is -4.94. The Morgan fingerprint density at radius 1 is 0.359 bits per heavy atom. The molecule has 0 bridgehead atoms. The number of carbonyl (C=O) groups excluding carboxylic acids is 4. The summed E-state index contributed by atoms with van der Waals surface area (Å²) in [6.45, 7) is 9.33. The van der Waals surface area contributed by atoms with Crippen molar-refractivity contribution >= 4 is 39.5 Å². The molecule has 0 amide bonds. The molecule has 0 rings (SSSR count). The molecule has 0 aliphatic rings. The van der Waals surface area contributed by atoms with E-state index in [4.69, 9.17) is 37.0 Å². The summed E-state index contributed by atoms with van der Waals surface area (Å²) in [6.07, 6.45) is 32.4. The highest BCUT2D eigenvalue weighted by atomic mass is 31.2. The molecule has 19 heteroatoms. The van der Waals surface area contributed by atoms with Crippen molar-refractivity contribution in [1.82, 2.24) is 0 Å². The van der Waals surface area contributed by atoms with Crippen LogP contribution in [0.2, 0.25) is 0 Å². The minimum absolute atomic E-state index is 0.104. The molecule has 0 saturated heterocycles. The first-order valence-electron chi connectivity index (χ1n) is 31.1. The van der Waals surface area contributed by atoms with Crippen molar-refractivity contribution < 1.29 is 80.2 Å². The van der Waals surface area contributed by atoms with E-state index in [1.165, 1.54) is 89.9 Å². The van der Waals surface area contributed by atoms with Gasteiger partial charge in [-0.2, -0.15) is 0 Å². The Morgan fingerprint density at radius 3 is 0.910 bits per heavy atom. The van der Waals surface area contributed by atoms with Gasteiger partial charge in [-0.05, 0) is 37.5 Å². The number of aliphatic hydroxyl groups is 1. The Morgan fingerprint density at radius 2 is 0.615 bits per heavy atom. The van der Waals surface area contributed by atoms with Gasteiger partial charge in [-0.25, -0.2) is 9.13 Å². The topological polar surface area (TPSA) is 237 Å². The summed E-state index contributed by atoms with van der Waals surface area (Å²) in [7, 11) is -9.87. The van der Waals surface area contributed by atoms with E-state index >= 15 is 0 Å². The summed E-state index contributed by atoms with van der Waals surface area (Å²) in [4.78, 5) is 71.7. The number of ether oxygens (including phenoxy) is 4. The van der Waals surface area contributed by atoms with Gasteiger partial charge in [-0.3, -0.25) is 37.3 Å². The van der Waals surface area contributed by atoms with Gasteiger partial charge in [0.2, 0.25) is 0 Å². The number of esters is 4. The number of phosphoric acid groups is 2. The quantitative estimate of drug-likeness (QED) is 0.0222. The third-order valence-electron chi connectivity index (χ3n) is 14.2. The summed E-state index contributed by atoms with van der Waals surface area (Å²) in [5.74, 6) is -0.620. The van der Waals surface area contributed by atoms with Crippen molar-refractivity contribution in [2.75, 3.05) is 39.6 Å². The molecule has 462 valence electrons. The Kier molecular flexibility index (Phi) is 50.6. The molecule has 78 heavy (non-hydrogen) atoms. The number of rotatable bonds is 58. The van der Waals surface area contributed by atoms with Crippen LogP contribution in [0.4, 0.5) is 0 Å². The van der Waals surface area contributed by atoms with Crippen molar-refractivity contribution in [2.24, 2.45) is 11.8 Å². The van der Waals surface area contributed by atoms with Crippen LogP contribution in [-0.2, 0) is 65.4 Å². The second-order valence-corrected chi connectivity index (χ2v) is 24.8. The molecule has 0 aromatic carbocycles. The van der Waals surface area contributed by atoms with Crippen LogP contribution in [0, 0.1) is 11.8 Å². The van der Waals surface area contributed by atoms with Crippen LogP contribution >= 0.6 is 15.6 Å². The predicted octanol–water partition coefficient (Wildman–Crippen LogP) is 15.7. The zero-order valence-electron chi connectivity index (χ0n) is 50.0. The maximum Gasteiger partial charge on any atom is 0.472 e. The number of carbonyl (C=O) groups is 4. The van der Waals surface area contributed by atoms with E-state index in [1.807, 2.05) is 0 Å². The predicted molar refractivity (Wildman–Crippen MR) is 308 cm³/mol.